The predicted octanol–water partition coefficient (Wildman–Crippen LogP) is 1.86. The molecule has 1 N–H and O–H groups in total. The molecule has 0 aliphatic carbocycles. The lowest BCUT2D eigenvalue weighted by Gasteiger charge is -2.14. The third kappa shape index (κ3) is 2.24. The molecule has 2 rings (SSSR count). The van der Waals surface area contributed by atoms with Gasteiger partial charge in [0.15, 0.2) is 0 Å². The molecule has 0 aliphatic heterocycles. The maximum Gasteiger partial charge on any atom is 0.254 e. The lowest BCUT2D eigenvalue weighted by molar-refractivity contribution is 0.752. The quantitative estimate of drug-likeness (QED) is 0.828. The van der Waals surface area contributed by atoms with Crippen LogP contribution in [0.2, 0.25) is 0 Å². The molecule has 0 aliphatic rings. The van der Waals surface area contributed by atoms with Crippen LogP contribution in [-0.4, -0.2) is 31.5 Å². The monoisotopic (exact) mass is 239 g/mol. The first-order valence-corrected chi connectivity index (χ1v) is 5.74. The Morgan fingerprint density at radius 2 is 2.38 bits per heavy atom. The van der Waals surface area contributed by atoms with Crippen molar-refractivity contribution in [3.8, 4) is 0 Å². The minimum Gasteiger partial charge on any atom is -0.367 e. The third-order valence-corrected chi connectivity index (χ3v) is 2.53. The molecule has 2 aromatic heterocycles. The van der Waals surface area contributed by atoms with Crippen molar-refractivity contribution in [2.24, 2.45) is 0 Å². The van der Waals surface area contributed by atoms with E-state index in [0.29, 0.717) is 17.7 Å². The summed E-state index contributed by atoms with van der Waals surface area (Å²) in [5.41, 5.74) is 0.918. The summed E-state index contributed by atoms with van der Waals surface area (Å²) in [4.78, 5) is 8.34. The van der Waals surface area contributed by atoms with Gasteiger partial charge < -0.3 is 5.32 Å². The number of nitrogens with one attached hydrogen (secondary N) is 1. The van der Waals surface area contributed by atoms with Gasteiger partial charge in [-0.2, -0.15) is 14.6 Å². The highest BCUT2D eigenvalue weighted by Gasteiger charge is 2.07. The van der Waals surface area contributed by atoms with E-state index in [4.69, 9.17) is 11.6 Å². The molecule has 86 valence electrons. The summed E-state index contributed by atoms with van der Waals surface area (Å²) in [5, 5.41) is 7.47. The van der Waals surface area contributed by atoms with E-state index in [1.807, 2.05) is 13.0 Å². The van der Waals surface area contributed by atoms with Crippen LogP contribution in [0.15, 0.2) is 12.4 Å². The van der Waals surface area contributed by atoms with E-state index in [-0.39, 0.29) is 0 Å². The average molecular weight is 240 g/mol. The number of hydrogen-bond acceptors (Lipinski definition) is 4. The van der Waals surface area contributed by atoms with Gasteiger partial charge in [0.25, 0.3) is 5.78 Å². The Hall–Kier alpha value is -1.36. The third-order valence-electron chi connectivity index (χ3n) is 2.32. The number of hydrogen-bond donors (Lipinski definition) is 1. The summed E-state index contributed by atoms with van der Waals surface area (Å²) in [6.07, 6.45) is 2.40. The summed E-state index contributed by atoms with van der Waals surface area (Å²) in [6.45, 7) is 4.02. The van der Waals surface area contributed by atoms with Crippen molar-refractivity contribution < 1.29 is 0 Å². The Bertz CT molecular complexity index is 481. The first kappa shape index (κ1) is 11.1. The molecule has 5 nitrogen and oxygen atoms in total. The van der Waals surface area contributed by atoms with E-state index in [0.717, 1.165) is 17.9 Å². The summed E-state index contributed by atoms with van der Waals surface area (Å²) in [6, 6.07) is 2.25. The molecule has 0 saturated carbocycles. The first-order valence-electron chi connectivity index (χ1n) is 5.20. The van der Waals surface area contributed by atoms with Crippen LogP contribution < -0.4 is 5.32 Å². The number of aromatic nitrogens is 4. The zero-order valence-corrected chi connectivity index (χ0v) is 10.1. The van der Waals surface area contributed by atoms with E-state index in [1.165, 1.54) is 6.33 Å². The number of aryl methyl sites for hydroxylation is 1. The van der Waals surface area contributed by atoms with Crippen molar-refractivity contribution in [1.29, 1.82) is 0 Å². The lowest BCUT2D eigenvalue weighted by Crippen LogP contribution is -2.18. The molecule has 16 heavy (non-hydrogen) atoms. The van der Waals surface area contributed by atoms with Gasteiger partial charge >= 0.3 is 0 Å². The zero-order valence-electron chi connectivity index (χ0n) is 9.31. The van der Waals surface area contributed by atoms with Crippen molar-refractivity contribution in [3.63, 3.8) is 0 Å². The molecule has 0 fully saturated rings. The summed E-state index contributed by atoms with van der Waals surface area (Å²) in [7, 11) is 0. The van der Waals surface area contributed by atoms with Gasteiger partial charge in [0.05, 0.1) is 0 Å². The molecular weight excluding hydrogens is 226 g/mol. The molecule has 2 aromatic rings. The largest absolute Gasteiger partial charge is 0.367 e. The van der Waals surface area contributed by atoms with E-state index in [9.17, 15) is 0 Å². The molecule has 0 spiro atoms. The van der Waals surface area contributed by atoms with Crippen LogP contribution >= 0.6 is 11.6 Å². The number of rotatable bonds is 4. The average Bonchev–Trinajstić information content (AvgIpc) is 2.65. The highest BCUT2D eigenvalue weighted by molar-refractivity contribution is 6.17. The van der Waals surface area contributed by atoms with E-state index in [1.54, 1.807) is 4.52 Å². The molecule has 0 radical (unpaired) electrons. The zero-order chi connectivity index (χ0) is 11.5. The lowest BCUT2D eigenvalue weighted by atomic mass is 10.2. The molecule has 0 amide bonds. The molecule has 1 unspecified atom stereocenters. The van der Waals surface area contributed by atoms with Gasteiger partial charge in [-0.3, -0.25) is 0 Å². The van der Waals surface area contributed by atoms with Gasteiger partial charge in [0.1, 0.15) is 12.1 Å². The van der Waals surface area contributed by atoms with E-state index >= 15 is 0 Å². The second kappa shape index (κ2) is 4.65. The van der Waals surface area contributed by atoms with Gasteiger partial charge in [-0.15, -0.1) is 11.6 Å². The molecule has 6 heteroatoms. The molecule has 2 heterocycles. The minimum atomic E-state index is 0.298. The maximum atomic E-state index is 5.70. The normalized spacial score (nSPS) is 12.9. The van der Waals surface area contributed by atoms with Crippen molar-refractivity contribution in [2.45, 2.75) is 26.3 Å². The second-order valence-electron chi connectivity index (χ2n) is 3.78. The van der Waals surface area contributed by atoms with Gasteiger partial charge in [-0.1, -0.05) is 0 Å². The topological polar surface area (TPSA) is 55.1 Å². The second-order valence-corrected chi connectivity index (χ2v) is 4.16. The van der Waals surface area contributed by atoms with Crippen LogP contribution in [0.5, 0.6) is 0 Å². The van der Waals surface area contributed by atoms with E-state index in [2.05, 4.69) is 27.3 Å². The summed E-state index contributed by atoms with van der Waals surface area (Å²) >= 11 is 5.70. The Morgan fingerprint density at radius 1 is 1.56 bits per heavy atom. The highest BCUT2D eigenvalue weighted by Crippen LogP contribution is 2.12. The van der Waals surface area contributed by atoms with Crippen LogP contribution in [-0.2, 0) is 0 Å². The minimum absolute atomic E-state index is 0.298. The van der Waals surface area contributed by atoms with Crippen molar-refractivity contribution in [1.82, 2.24) is 19.6 Å². The van der Waals surface area contributed by atoms with Crippen molar-refractivity contribution in [2.75, 3.05) is 11.2 Å². The molecule has 0 bridgehead atoms. The number of halogens is 1. The number of alkyl halides is 1. The van der Waals surface area contributed by atoms with Gasteiger partial charge in [0.2, 0.25) is 0 Å². The summed E-state index contributed by atoms with van der Waals surface area (Å²) < 4.78 is 1.69. The fraction of sp³-hybridized carbons (Fsp3) is 0.500. The molecule has 0 aromatic carbocycles. The fourth-order valence-corrected chi connectivity index (χ4v) is 1.85. The van der Waals surface area contributed by atoms with Crippen LogP contribution in [0.25, 0.3) is 5.78 Å². The van der Waals surface area contributed by atoms with Crippen LogP contribution in [0.4, 0.5) is 5.82 Å². The Morgan fingerprint density at radius 3 is 3.12 bits per heavy atom. The van der Waals surface area contributed by atoms with Crippen molar-refractivity contribution in [3.05, 3.63) is 18.1 Å². The Kier molecular flexibility index (Phi) is 3.24. The van der Waals surface area contributed by atoms with Crippen molar-refractivity contribution >= 4 is 23.2 Å². The Labute approximate surface area is 98.9 Å². The SMILES string of the molecule is Cc1cc(NC(C)CCCl)n2ncnc2n1. The predicted molar refractivity (Wildman–Crippen MR) is 63.9 cm³/mol. The highest BCUT2D eigenvalue weighted by atomic mass is 35.5. The smallest absolute Gasteiger partial charge is 0.254 e. The summed E-state index contributed by atoms with van der Waals surface area (Å²) in [5.74, 6) is 2.15. The fourth-order valence-electron chi connectivity index (χ4n) is 1.52. The van der Waals surface area contributed by atoms with Crippen LogP contribution in [0, 0.1) is 6.92 Å². The van der Waals surface area contributed by atoms with Crippen LogP contribution in [0.3, 0.4) is 0 Å². The maximum absolute atomic E-state index is 5.70. The number of anilines is 1. The first-order chi connectivity index (χ1) is 7.70. The van der Waals surface area contributed by atoms with E-state index < -0.39 is 0 Å². The molecular formula is C10H14ClN5. The van der Waals surface area contributed by atoms with Crippen LogP contribution in [0.1, 0.15) is 19.0 Å². The van der Waals surface area contributed by atoms with Gasteiger partial charge in [-0.25, -0.2) is 4.98 Å². The Balaban J connectivity index is 2.31. The number of fused-ring (bicyclic) bond motifs is 1. The number of nitrogens with zero attached hydrogens (tertiary/aromatic N) is 4. The molecule has 1 atom stereocenters. The van der Waals surface area contributed by atoms with Gasteiger partial charge in [0, 0.05) is 23.7 Å². The molecule has 0 saturated heterocycles. The van der Waals surface area contributed by atoms with Gasteiger partial charge in [-0.05, 0) is 20.3 Å². The standard InChI is InChI=1S/C10H14ClN5/c1-7(3-4-11)14-9-5-8(2)15-10-12-6-13-16(9)10/h5-7,14H,3-4H2,1-2H3.